The van der Waals surface area contributed by atoms with E-state index in [2.05, 4.69) is 15.1 Å². The molecule has 2 aromatic heterocycles. The summed E-state index contributed by atoms with van der Waals surface area (Å²) in [7, 11) is 6.40. The minimum Gasteiger partial charge on any atom is -0.508 e. The third-order valence-electron chi connectivity index (χ3n) is 12.8. The van der Waals surface area contributed by atoms with Gasteiger partial charge in [-0.05, 0) is 160 Å². The zero-order chi connectivity index (χ0) is 65.1. The molecular formula is C69H78Cl2N6O12. The predicted octanol–water partition coefficient (Wildman–Crippen LogP) is 13.4. The van der Waals surface area contributed by atoms with Crippen molar-refractivity contribution in [1.29, 1.82) is 5.26 Å². The highest BCUT2D eigenvalue weighted by atomic mass is 35.5. The lowest BCUT2D eigenvalue weighted by Crippen LogP contribution is -2.22. The maximum Gasteiger partial charge on any atom is 0.323 e. The molecule has 3 heterocycles. The average Bonchev–Trinajstić information content (AvgIpc) is 1.82. The van der Waals surface area contributed by atoms with Crippen molar-refractivity contribution in [1.82, 2.24) is 14.4 Å². The number of benzene rings is 6. The van der Waals surface area contributed by atoms with Crippen molar-refractivity contribution < 1.29 is 62.1 Å². The highest BCUT2D eigenvalue weighted by Gasteiger charge is 2.19. The van der Waals surface area contributed by atoms with Gasteiger partial charge in [0.05, 0.1) is 75.9 Å². The molecule has 0 saturated carbocycles. The van der Waals surface area contributed by atoms with Crippen molar-refractivity contribution in [2.24, 2.45) is 0 Å². The molecular weight excluding hydrogens is 1180 g/mol. The van der Waals surface area contributed by atoms with E-state index in [1.54, 1.807) is 94.5 Å². The summed E-state index contributed by atoms with van der Waals surface area (Å²) in [6, 6.07) is 48.7. The number of phenols is 1. The normalized spacial score (nSPS) is 12.3. The van der Waals surface area contributed by atoms with E-state index in [0.717, 1.165) is 82.0 Å². The molecule has 2 N–H and O–H groups in total. The van der Waals surface area contributed by atoms with E-state index in [4.69, 9.17) is 72.6 Å². The van der Waals surface area contributed by atoms with Gasteiger partial charge < -0.3 is 44.2 Å². The Morgan fingerprint density at radius 3 is 1.70 bits per heavy atom. The fourth-order valence-corrected chi connectivity index (χ4v) is 8.49. The Morgan fingerprint density at radius 1 is 0.730 bits per heavy atom. The molecule has 20 heteroatoms. The van der Waals surface area contributed by atoms with Crippen molar-refractivity contribution >= 4 is 52.1 Å². The molecule has 0 aliphatic carbocycles. The van der Waals surface area contributed by atoms with Crippen LogP contribution in [0.1, 0.15) is 93.1 Å². The van der Waals surface area contributed by atoms with E-state index < -0.39 is 0 Å². The van der Waals surface area contributed by atoms with Crippen LogP contribution < -0.4 is 18.9 Å². The van der Waals surface area contributed by atoms with Crippen LogP contribution in [-0.2, 0) is 60.3 Å². The number of halogens is 2. The summed E-state index contributed by atoms with van der Waals surface area (Å²) in [5.74, 6) is 3.10. The molecule has 6 aromatic carbocycles. The molecule has 1 aliphatic heterocycles. The van der Waals surface area contributed by atoms with Crippen molar-refractivity contribution in [2.75, 3.05) is 41.7 Å². The largest absolute Gasteiger partial charge is 0.508 e. The van der Waals surface area contributed by atoms with E-state index in [-0.39, 0.29) is 59.1 Å². The summed E-state index contributed by atoms with van der Waals surface area (Å²) >= 11 is 10.2. The van der Waals surface area contributed by atoms with Crippen molar-refractivity contribution in [3.63, 3.8) is 0 Å². The van der Waals surface area contributed by atoms with Gasteiger partial charge >= 0.3 is 6.21 Å². The number of nitrogens with zero attached hydrogens (tertiary/aromatic N) is 6. The number of hydrogen-bond donors (Lipinski definition) is 2. The number of fused-ring (bicyclic) bond motifs is 1. The molecule has 0 amide bonds. The first kappa shape index (κ1) is 72.6. The Kier molecular flexibility index (Phi) is 31.9. The van der Waals surface area contributed by atoms with E-state index >= 15 is 0 Å². The minimum atomic E-state index is -0.358. The van der Waals surface area contributed by atoms with Gasteiger partial charge in [0.1, 0.15) is 40.5 Å². The summed E-state index contributed by atoms with van der Waals surface area (Å²) in [6.07, 6.45) is 7.25. The topological polar surface area (TPSA) is 247 Å². The van der Waals surface area contributed by atoms with E-state index in [0.29, 0.717) is 55.1 Å². The molecule has 2 unspecified atom stereocenters. The zero-order valence-electron chi connectivity index (χ0n) is 51.7. The summed E-state index contributed by atoms with van der Waals surface area (Å²) in [5.41, 5.74) is 16.2. The average molecular weight is 1250 g/mol. The molecule has 1 saturated heterocycles. The number of aromatic nitrogens is 3. The monoisotopic (exact) mass is 1250 g/mol. The number of aromatic hydroxyl groups is 2. The van der Waals surface area contributed by atoms with Crippen molar-refractivity contribution in [3.05, 3.63) is 203 Å². The van der Waals surface area contributed by atoms with Crippen LogP contribution in [0.25, 0.3) is 22.4 Å². The van der Waals surface area contributed by atoms with Crippen molar-refractivity contribution in [2.45, 2.75) is 104 Å². The highest BCUT2D eigenvalue weighted by molar-refractivity contribution is 6.63. The predicted molar refractivity (Wildman–Crippen MR) is 344 cm³/mol. The van der Waals surface area contributed by atoms with Crippen LogP contribution in [0.4, 0.5) is 0 Å². The molecule has 8 aromatic rings. The summed E-state index contributed by atoms with van der Waals surface area (Å²) in [4.78, 5) is 45.7. The van der Waals surface area contributed by atoms with Gasteiger partial charge in [0.25, 0.3) is 0 Å². The van der Waals surface area contributed by atoms with Gasteiger partial charge in [0, 0.05) is 57.1 Å². The van der Waals surface area contributed by atoms with Crippen LogP contribution in [0.2, 0.25) is 0 Å². The molecule has 0 bridgehead atoms. The Hall–Kier alpha value is -8.92. The van der Waals surface area contributed by atoms with E-state index in [1.165, 1.54) is 0 Å². The molecule has 0 radical (unpaired) electrons. The summed E-state index contributed by atoms with van der Waals surface area (Å²) in [5, 5.41) is 28.6. The minimum absolute atomic E-state index is 0.0876. The molecule has 2 atom stereocenters. The van der Waals surface area contributed by atoms with E-state index in [1.807, 2.05) is 131 Å². The van der Waals surface area contributed by atoms with Gasteiger partial charge in [-0.1, -0.05) is 78.9 Å². The fourth-order valence-electron chi connectivity index (χ4n) is 8.33. The number of rotatable bonds is 20. The molecule has 18 nitrogen and oxygen atoms in total. The maximum absolute atomic E-state index is 11.7. The Balaban J connectivity index is 0.000000254. The van der Waals surface area contributed by atoms with Gasteiger partial charge in [-0.15, -0.1) is 0 Å². The standard InChI is InChI=1S/C27H23N3O3.C13H18O3.C10H10N2O2.C9H9ClO2.C6H9NO.C4H9ClO/c1-33-22-9-5-8-19(14-22)16-24-27(32)30-17-25(20-10-12-21(31)13-11-20)28-23(26(30)29-24)15-18-6-3-2-4-7-18;1-4-16-10(2)13(14)9-11-6-5-7-12(8-11)15-3;1-14-10-4-2-3-8(6-10)5-9(13)7-12-11;1-12-8-4-2-3-7(5-8)6-9(10)11;7-4-3-6-2-1-5-8-6;1-4(2,3)6-5/h2-14,17,31-32H,15-16H2,1H3;5-8,10H,4,9H2,1-3H3;2-4,6-7H,5H2,1H3;2-5H,6H2,1H3;6H,1-3,5H2;1-3H3. The fraction of sp³-hybridized carbons (Fsp3) is 0.319. The number of nitriles is 1. The second-order valence-corrected chi connectivity index (χ2v) is 21.4. The SMILES string of the molecule is CC(C)(C)OCl.CCOC(C)C(=O)Cc1cccc(OC)c1.COc1cccc(CC(=O)C=[N+]=[N-])c1.COc1cccc(CC(=O)Cl)c1.COc1cccc(Cc2nc3c(Cc4ccccc4)nc(-c4ccc(O)cc4)cn3c2O)c1.N#CCC1CCCO1. The molecule has 1 aliphatic rings. The number of Topliss-reactive ketones (excluding diaryl/α,β-unsaturated/α-hetero) is 2. The number of methoxy groups -OCH3 is 4. The second kappa shape index (κ2) is 39.1. The quantitative estimate of drug-likeness (QED) is 0.0312. The smallest absolute Gasteiger partial charge is 0.323 e. The first-order valence-corrected chi connectivity index (χ1v) is 29.2. The Morgan fingerprint density at radius 2 is 1.22 bits per heavy atom. The third-order valence-corrected chi connectivity index (χ3v) is 13.3. The number of phenolic OH excluding ortho intramolecular Hbond substituents is 1. The van der Waals surface area contributed by atoms with Crippen LogP contribution >= 0.6 is 23.5 Å². The summed E-state index contributed by atoms with van der Waals surface area (Å²) in [6.45, 7) is 10.7. The van der Waals surface area contributed by atoms with Gasteiger partial charge in [0.15, 0.2) is 11.4 Å². The third kappa shape index (κ3) is 26.9. The number of hydrogen-bond acceptors (Lipinski definition) is 15. The Bertz CT molecular complexity index is 3560. The zero-order valence-corrected chi connectivity index (χ0v) is 53.2. The molecule has 0 spiro atoms. The van der Waals surface area contributed by atoms with Crippen LogP contribution in [0.5, 0.6) is 34.6 Å². The second-order valence-electron chi connectivity index (χ2n) is 20.8. The molecule has 9 rings (SSSR count). The van der Waals surface area contributed by atoms with Crippen LogP contribution in [0.15, 0.2) is 158 Å². The number of imidazole rings is 1. The maximum atomic E-state index is 11.7. The van der Waals surface area contributed by atoms with Gasteiger partial charge in [-0.3, -0.25) is 23.1 Å². The lowest BCUT2D eigenvalue weighted by Gasteiger charge is -2.10. The number of ketones is 2. The molecule has 1 fully saturated rings. The number of ether oxygens (including phenoxy) is 6. The lowest BCUT2D eigenvalue weighted by molar-refractivity contribution is -0.128. The first-order chi connectivity index (χ1) is 42.7. The summed E-state index contributed by atoms with van der Waals surface area (Å²) < 4.78 is 36.9. The number of carbonyl (C=O) groups excluding carboxylic acids is 3. The van der Waals surface area contributed by atoms with E-state index in [9.17, 15) is 24.6 Å². The van der Waals surface area contributed by atoms with Crippen LogP contribution in [0, 0.1) is 11.3 Å². The highest BCUT2D eigenvalue weighted by Crippen LogP contribution is 2.30. The number of carbonyl (C=O) groups is 3. The lowest BCUT2D eigenvalue weighted by atomic mass is 10.1. The molecule has 470 valence electrons. The van der Waals surface area contributed by atoms with Crippen LogP contribution in [-0.4, -0.2) is 112 Å². The van der Waals surface area contributed by atoms with Crippen LogP contribution in [0.3, 0.4) is 0 Å². The first-order valence-electron chi connectivity index (χ1n) is 28.5. The molecule has 89 heavy (non-hydrogen) atoms. The van der Waals surface area contributed by atoms with Gasteiger partial charge in [-0.25, -0.2) is 9.97 Å². The van der Waals surface area contributed by atoms with Gasteiger partial charge in [0.2, 0.25) is 16.9 Å². The Labute approximate surface area is 531 Å². The van der Waals surface area contributed by atoms with Gasteiger partial charge in [-0.2, -0.15) is 10.1 Å². The van der Waals surface area contributed by atoms with Crippen molar-refractivity contribution in [3.8, 4) is 52.0 Å².